The molecule has 1 aliphatic rings. The predicted octanol–water partition coefficient (Wildman–Crippen LogP) is -0.410. The summed E-state index contributed by atoms with van der Waals surface area (Å²) in [4.78, 5) is 15.3. The Balaban J connectivity index is 2.30. The van der Waals surface area contributed by atoms with Gasteiger partial charge in [-0.2, -0.15) is 0 Å². The number of hydrogen-bond donors (Lipinski definition) is 1. The molecule has 1 fully saturated rings. The van der Waals surface area contributed by atoms with E-state index in [1.54, 1.807) is 12.0 Å². The topological polar surface area (TPSA) is 44.8 Å². The van der Waals surface area contributed by atoms with Gasteiger partial charge in [0.15, 0.2) is 0 Å². The summed E-state index contributed by atoms with van der Waals surface area (Å²) in [5, 5.41) is 3.21. The first-order valence-corrected chi connectivity index (χ1v) is 4.95. The fourth-order valence-electron chi connectivity index (χ4n) is 1.42. The molecule has 0 unspecified atom stereocenters. The fourth-order valence-corrected chi connectivity index (χ4v) is 1.42. The van der Waals surface area contributed by atoms with E-state index in [1.807, 2.05) is 11.9 Å². The highest BCUT2D eigenvalue weighted by Crippen LogP contribution is 1.98. The monoisotopic (exact) mass is 201 g/mol. The van der Waals surface area contributed by atoms with E-state index in [-0.39, 0.29) is 6.03 Å². The Morgan fingerprint density at radius 3 is 2.71 bits per heavy atom. The van der Waals surface area contributed by atoms with E-state index in [1.165, 1.54) is 0 Å². The Labute approximate surface area is 85.0 Å². The maximum absolute atomic E-state index is 11.8. The van der Waals surface area contributed by atoms with E-state index in [2.05, 4.69) is 5.32 Å². The highest BCUT2D eigenvalue weighted by atomic mass is 16.5. The first kappa shape index (κ1) is 11.3. The molecule has 0 aliphatic carbocycles. The number of piperazine rings is 1. The number of methoxy groups -OCH3 is 1. The third-order valence-corrected chi connectivity index (χ3v) is 2.34. The van der Waals surface area contributed by atoms with Crippen LogP contribution in [0.15, 0.2) is 0 Å². The standard InChI is InChI=1S/C9H19N3O2/c1-11(7-8-14-2)9(13)12-5-3-10-4-6-12/h10H,3-8H2,1-2H3. The van der Waals surface area contributed by atoms with Gasteiger partial charge in [-0.05, 0) is 0 Å². The molecule has 1 rings (SSSR count). The number of ether oxygens (including phenoxy) is 1. The van der Waals surface area contributed by atoms with Crippen LogP contribution in [0, 0.1) is 0 Å². The van der Waals surface area contributed by atoms with Crippen molar-refractivity contribution in [3.63, 3.8) is 0 Å². The average Bonchev–Trinajstić information content (AvgIpc) is 2.26. The Morgan fingerprint density at radius 1 is 1.50 bits per heavy atom. The van der Waals surface area contributed by atoms with Crippen molar-refractivity contribution in [1.29, 1.82) is 0 Å². The molecule has 0 aromatic rings. The first-order valence-electron chi connectivity index (χ1n) is 4.95. The lowest BCUT2D eigenvalue weighted by Crippen LogP contribution is -2.51. The minimum atomic E-state index is 0.101. The molecule has 1 aliphatic heterocycles. The molecule has 0 bridgehead atoms. The van der Waals surface area contributed by atoms with Crippen molar-refractivity contribution in [1.82, 2.24) is 15.1 Å². The summed E-state index contributed by atoms with van der Waals surface area (Å²) in [6, 6.07) is 0.101. The van der Waals surface area contributed by atoms with Crippen LogP contribution in [-0.2, 0) is 4.74 Å². The molecule has 0 aromatic carbocycles. The number of carbonyl (C=O) groups is 1. The van der Waals surface area contributed by atoms with E-state index < -0.39 is 0 Å². The lowest BCUT2D eigenvalue weighted by atomic mass is 10.4. The summed E-state index contributed by atoms with van der Waals surface area (Å²) < 4.78 is 4.93. The van der Waals surface area contributed by atoms with Crippen molar-refractivity contribution in [3.05, 3.63) is 0 Å². The molecule has 5 nitrogen and oxygen atoms in total. The highest BCUT2D eigenvalue weighted by molar-refractivity contribution is 5.74. The summed E-state index contributed by atoms with van der Waals surface area (Å²) in [6.45, 7) is 4.63. The van der Waals surface area contributed by atoms with Crippen molar-refractivity contribution < 1.29 is 9.53 Å². The first-order chi connectivity index (χ1) is 6.75. The number of urea groups is 1. The summed E-state index contributed by atoms with van der Waals surface area (Å²) in [7, 11) is 3.45. The predicted molar refractivity (Wildman–Crippen MR) is 54.3 cm³/mol. The summed E-state index contributed by atoms with van der Waals surface area (Å²) >= 11 is 0. The maximum atomic E-state index is 11.8. The van der Waals surface area contributed by atoms with E-state index in [0.717, 1.165) is 26.2 Å². The zero-order chi connectivity index (χ0) is 10.4. The van der Waals surface area contributed by atoms with Crippen LogP contribution in [0.2, 0.25) is 0 Å². The second kappa shape index (κ2) is 5.82. The average molecular weight is 201 g/mol. The molecule has 2 amide bonds. The quantitative estimate of drug-likeness (QED) is 0.675. The number of nitrogens with one attached hydrogen (secondary N) is 1. The lowest BCUT2D eigenvalue weighted by molar-refractivity contribution is 0.132. The molecule has 82 valence electrons. The van der Waals surface area contributed by atoms with Gasteiger partial charge in [-0.15, -0.1) is 0 Å². The molecule has 0 aromatic heterocycles. The zero-order valence-corrected chi connectivity index (χ0v) is 8.95. The Morgan fingerprint density at radius 2 is 2.14 bits per heavy atom. The number of carbonyl (C=O) groups excluding carboxylic acids is 1. The summed E-state index contributed by atoms with van der Waals surface area (Å²) in [5.74, 6) is 0. The van der Waals surface area contributed by atoms with Crippen molar-refractivity contribution in [3.8, 4) is 0 Å². The second-order valence-electron chi connectivity index (χ2n) is 3.43. The number of amides is 2. The van der Waals surface area contributed by atoms with Crippen molar-refractivity contribution >= 4 is 6.03 Å². The van der Waals surface area contributed by atoms with Crippen LogP contribution in [0.5, 0.6) is 0 Å². The van der Waals surface area contributed by atoms with E-state index >= 15 is 0 Å². The molecular formula is C9H19N3O2. The minimum Gasteiger partial charge on any atom is -0.383 e. The van der Waals surface area contributed by atoms with Crippen LogP contribution in [0.1, 0.15) is 0 Å². The van der Waals surface area contributed by atoms with Crippen LogP contribution < -0.4 is 5.32 Å². The van der Waals surface area contributed by atoms with Crippen molar-refractivity contribution in [2.75, 3.05) is 53.5 Å². The zero-order valence-electron chi connectivity index (χ0n) is 8.95. The molecular weight excluding hydrogens is 182 g/mol. The molecule has 14 heavy (non-hydrogen) atoms. The van der Waals surface area contributed by atoms with E-state index in [9.17, 15) is 4.79 Å². The molecule has 0 atom stereocenters. The van der Waals surface area contributed by atoms with Gasteiger partial charge < -0.3 is 19.9 Å². The fraction of sp³-hybridized carbons (Fsp3) is 0.889. The minimum absolute atomic E-state index is 0.101. The number of likely N-dealkylation sites (N-methyl/N-ethyl adjacent to an activating group) is 1. The molecule has 5 heteroatoms. The molecule has 0 radical (unpaired) electrons. The molecule has 0 spiro atoms. The third kappa shape index (κ3) is 3.16. The van der Waals surface area contributed by atoms with Crippen LogP contribution in [0.25, 0.3) is 0 Å². The SMILES string of the molecule is COCCN(C)C(=O)N1CCNCC1. The molecule has 1 heterocycles. The number of hydrogen-bond acceptors (Lipinski definition) is 3. The third-order valence-electron chi connectivity index (χ3n) is 2.34. The lowest BCUT2D eigenvalue weighted by Gasteiger charge is -2.31. The molecule has 1 saturated heterocycles. The van der Waals surface area contributed by atoms with Crippen LogP contribution >= 0.6 is 0 Å². The van der Waals surface area contributed by atoms with Gasteiger partial charge in [0, 0.05) is 46.9 Å². The van der Waals surface area contributed by atoms with E-state index in [4.69, 9.17) is 4.74 Å². The van der Waals surface area contributed by atoms with Gasteiger partial charge in [-0.1, -0.05) is 0 Å². The molecule has 0 saturated carbocycles. The van der Waals surface area contributed by atoms with Crippen molar-refractivity contribution in [2.45, 2.75) is 0 Å². The summed E-state index contributed by atoms with van der Waals surface area (Å²) in [6.07, 6.45) is 0. The second-order valence-corrected chi connectivity index (χ2v) is 3.43. The van der Waals surface area contributed by atoms with Crippen LogP contribution in [0.3, 0.4) is 0 Å². The maximum Gasteiger partial charge on any atom is 0.319 e. The van der Waals surface area contributed by atoms with Crippen molar-refractivity contribution in [2.24, 2.45) is 0 Å². The Bertz CT molecular complexity index is 181. The number of rotatable bonds is 3. The molecule has 1 N–H and O–H groups in total. The van der Waals surface area contributed by atoms with Gasteiger partial charge >= 0.3 is 6.03 Å². The highest BCUT2D eigenvalue weighted by Gasteiger charge is 2.18. The smallest absolute Gasteiger partial charge is 0.319 e. The van der Waals surface area contributed by atoms with Gasteiger partial charge in [-0.3, -0.25) is 0 Å². The summed E-state index contributed by atoms with van der Waals surface area (Å²) in [5.41, 5.74) is 0. The normalized spacial score (nSPS) is 16.9. The largest absolute Gasteiger partial charge is 0.383 e. The van der Waals surface area contributed by atoms with Crippen LogP contribution in [-0.4, -0.2) is 69.3 Å². The van der Waals surface area contributed by atoms with Gasteiger partial charge in [0.1, 0.15) is 0 Å². The van der Waals surface area contributed by atoms with Gasteiger partial charge in [0.05, 0.1) is 6.61 Å². The van der Waals surface area contributed by atoms with Crippen LogP contribution in [0.4, 0.5) is 4.79 Å². The Hall–Kier alpha value is -0.810. The Kier molecular flexibility index (Phi) is 4.69. The van der Waals surface area contributed by atoms with Gasteiger partial charge in [-0.25, -0.2) is 4.79 Å². The van der Waals surface area contributed by atoms with Gasteiger partial charge in [0.2, 0.25) is 0 Å². The number of nitrogens with zero attached hydrogens (tertiary/aromatic N) is 2. The van der Waals surface area contributed by atoms with E-state index in [0.29, 0.717) is 13.2 Å². The van der Waals surface area contributed by atoms with Gasteiger partial charge in [0.25, 0.3) is 0 Å².